The molecule has 1 unspecified atom stereocenters. The van der Waals surface area contributed by atoms with Gasteiger partial charge in [-0.05, 0) is 65.1 Å². The fraction of sp³-hybridized carbons (Fsp3) is 0.857. The molecule has 0 aromatic carbocycles. The number of allylic oxidation sites excluding steroid dienone is 2. The summed E-state index contributed by atoms with van der Waals surface area (Å²) in [7, 11) is -1.96. The van der Waals surface area contributed by atoms with E-state index in [9.17, 15) is 4.79 Å². The summed E-state index contributed by atoms with van der Waals surface area (Å²) >= 11 is 0. The van der Waals surface area contributed by atoms with Gasteiger partial charge in [0.2, 0.25) is 8.32 Å². The van der Waals surface area contributed by atoms with Gasteiger partial charge in [0.1, 0.15) is 11.5 Å². The maximum absolute atomic E-state index is 12.9. The van der Waals surface area contributed by atoms with E-state index in [1.807, 2.05) is 27.7 Å². The van der Waals surface area contributed by atoms with Crippen LogP contribution in [0.25, 0.3) is 0 Å². The van der Waals surface area contributed by atoms with Crippen LogP contribution in [-0.2, 0) is 9.16 Å². The van der Waals surface area contributed by atoms with Gasteiger partial charge in [0.25, 0.3) is 0 Å². The SMILES string of the molecule is CCC1CCCC(O[Si](C)(C)C(C)(C)C)=C1OC(=O)N(C(C)C)C(C)C. The van der Waals surface area contributed by atoms with Crippen molar-refractivity contribution in [2.75, 3.05) is 0 Å². The van der Waals surface area contributed by atoms with Crippen LogP contribution in [-0.4, -0.2) is 31.4 Å². The van der Waals surface area contributed by atoms with E-state index in [2.05, 4.69) is 40.8 Å². The Morgan fingerprint density at radius 2 is 1.73 bits per heavy atom. The van der Waals surface area contributed by atoms with Crippen LogP contribution in [0.1, 0.15) is 81.1 Å². The summed E-state index contributed by atoms with van der Waals surface area (Å²) in [6.07, 6.45) is 3.75. The zero-order valence-corrected chi connectivity index (χ0v) is 19.7. The number of hydrogen-bond donors (Lipinski definition) is 0. The number of ether oxygens (including phenoxy) is 1. The van der Waals surface area contributed by atoms with E-state index in [4.69, 9.17) is 9.16 Å². The molecule has 0 N–H and O–H groups in total. The highest BCUT2D eigenvalue weighted by Gasteiger charge is 2.41. The first-order valence-corrected chi connectivity index (χ1v) is 13.1. The van der Waals surface area contributed by atoms with Gasteiger partial charge in [0, 0.05) is 24.4 Å². The lowest BCUT2D eigenvalue weighted by molar-refractivity contribution is 0.0845. The molecule has 0 aromatic rings. The van der Waals surface area contributed by atoms with Crippen LogP contribution in [0.2, 0.25) is 18.1 Å². The molecule has 4 nitrogen and oxygen atoms in total. The first kappa shape index (κ1) is 23.1. The van der Waals surface area contributed by atoms with E-state index in [0.29, 0.717) is 0 Å². The second kappa shape index (κ2) is 8.81. The number of amides is 1. The molecule has 0 spiro atoms. The van der Waals surface area contributed by atoms with Crippen molar-refractivity contribution in [1.29, 1.82) is 0 Å². The van der Waals surface area contributed by atoms with Crippen molar-refractivity contribution in [3.63, 3.8) is 0 Å². The molecule has 0 saturated heterocycles. The van der Waals surface area contributed by atoms with E-state index in [0.717, 1.165) is 37.2 Å². The minimum Gasteiger partial charge on any atom is -0.544 e. The second-order valence-electron chi connectivity index (χ2n) is 9.61. The van der Waals surface area contributed by atoms with Gasteiger partial charge in [0.05, 0.1) is 0 Å². The Balaban J connectivity index is 3.19. The highest BCUT2D eigenvalue weighted by Crippen LogP contribution is 2.42. The normalized spacial score (nSPS) is 19.2. The van der Waals surface area contributed by atoms with Gasteiger partial charge in [-0.1, -0.05) is 27.7 Å². The summed E-state index contributed by atoms with van der Waals surface area (Å²) in [5, 5.41) is 0.121. The average Bonchev–Trinajstić information content (AvgIpc) is 2.46. The third kappa shape index (κ3) is 5.51. The predicted octanol–water partition coefficient (Wildman–Crippen LogP) is 6.69. The van der Waals surface area contributed by atoms with Crippen LogP contribution in [0.15, 0.2) is 11.5 Å². The molecule has 1 aliphatic rings. The molecule has 26 heavy (non-hydrogen) atoms. The summed E-state index contributed by atoms with van der Waals surface area (Å²) in [5.74, 6) is 1.99. The van der Waals surface area contributed by atoms with Crippen molar-refractivity contribution in [2.24, 2.45) is 5.92 Å². The second-order valence-corrected chi connectivity index (χ2v) is 14.3. The molecule has 1 amide bonds. The summed E-state index contributed by atoms with van der Waals surface area (Å²) in [5.41, 5.74) is 0. The zero-order chi connectivity index (χ0) is 20.3. The number of carbonyl (C=O) groups excluding carboxylic acids is 1. The number of carbonyl (C=O) groups is 1. The minimum absolute atomic E-state index is 0.108. The van der Waals surface area contributed by atoms with Gasteiger partial charge in [-0.15, -0.1) is 0 Å². The van der Waals surface area contributed by atoms with Crippen LogP contribution in [0.4, 0.5) is 4.79 Å². The van der Waals surface area contributed by atoms with E-state index >= 15 is 0 Å². The quantitative estimate of drug-likeness (QED) is 0.480. The van der Waals surface area contributed by atoms with Crippen molar-refractivity contribution in [3.8, 4) is 0 Å². The van der Waals surface area contributed by atoms with E-state index < -0.39 is 8.32 Å². The molecule has 0 fully saturated rings. The van der Waals surface area contributed by atoms with Gasteiger partial charge >= 0.3 is 6.09 Å². The Morgan fingerprint density at radius 3 is 2.15 bits per heavy atom. The van der Waals surface area contributed by atoms with Crippen LogP contribution >= 0.6 is 0 Å². The smallest absolute Gasteiger partial charge is 0.415 e. The molecule has 0 aliphatic heterocycles. The molecule has 0 heterocycles. The molecule has 0 radical (unpaired) electrons. The van der Waals surface area contributed by atoms with Crippen molar-refractivity contribution >= 4 is 14.4 Å². The summed E-state index contributed by atoms with van der Waals surface area (Å²) in [6.45, 7) is 21.5. The molecule has 1 aliphatic carbocycles. The summed E-state index contributed by atoms with van der Waals surface area (Å²) in [6, 6.07) is 0.216. The standard InChI is InChI=1S/C21H41NO3Si/c1-11-17-13-12-14-18(25-26(9,10)21(6,7)8)19(17)24-20(23)22(15(2)3)16(4)5/h15-17H,11-14H2,1-10H3. The molecule has 0 bridgehead atoms. The largest absolute Gasteiger partial charge is 0.544 e. The number of nitrogens with zero attached hydrogens (tertiary/aromatic N) is 1. The third-order valence-electron chi connectivity index (χ3n) is 5.80. The molecular weight excluding hydrogens is 342 g/mol. The highest BCUT2D eigenvalue weighted by atomic mass is 28.4. The Labute approximate surface area is 162 Å². The fourth-order valence-corrected chi connectivity index (χ4v) is 4.37. The monoisotopic (exact) mass is 383 g/mol. The van der Waals surface area contributed by atoms with Crippen molar-refractivity contribution < 1.29 is 14.0 Å². The number of hydrogen-bond acceptors (Lipinski definition) is 3. The molecule has 0 aromatic heterocycles. The van der Waals surface area contributed by atoms with E-state index in [1.54, 1.807) is 4.90 Å². The van der Waals surface area contributed by atoms with Crippen LogP contribution in [0.3, 0.4) is 0 Å². The lowest BCUT2D eigenvalue weighted by Gasteiger charge is -2.40. The van der Waals surface area contributed by atoms with Crippen LogP contribution < -0.4 is 0 Å². The van der Waals surface area contributed by atoms with Crippen LogP contribution in [0, 0.1) is 5.92 Å². The molecule has 5 heteroatoms. The molecular formula is C21H41NO3Si. The maximum atomic E-state index is 12.9. The fourth-order valence-electron chi connectivity index (χ4n) is 3.25. The Morgan fingerprint density at radius 1 is 1.19 bits per heavy atom. The maximum Gasteiger partial charge on any atom is 0.415 e. The first-order chi connectivity index (χ1) is 11.8. The van der Waals surface area contributed by atoms with Gasteiger partial charge < -0.3 is 14.1 Å². The molecule has 1 rings (SSSR count). The first-order valence-electron chi connectivity index (χ1n) is 10.2. The van der Waals surface area contributed by atoms with Gasteiger partial charge in [-0.2, -0.15) is 0 Å². The summed E-state index contributed by atoms with van der Waals surface area (Å²) in [4.78, 5) is 14.7. The summed E-state index contributed by atoms with van der Waals surface area (Å²) < 4.78 is 12.6. The van der Waals surface area contributed by atoms with Gasteiger partial charge in [0.15, 0.2) is 0 Å². The van der Waals surface area contributed by atoms with Crippen molar-refractivity contribution in [1.82, 2.24) is 4.90 Å². The zero-order valence-electron chi connectivity index (χ0n) is 18.7. The number of rotatable bonds is 6. The molecule has 0 saturated carbocycles. The third-order valence-corrected chi connectivity index (χ3v) is 10.2. The lowest BCUT2D eigenvalue weighted by atomic mass is 9.90. The Hall–Kier alpha value is -0.973. The highest BCUT2D eigenvalue weighted by molar-refractivity contribution is 6.74. The lowest BCUT2D eigenvalue weighted by Crippen LogP contribution is -2.43. The van der Waals surface area contributed by atoms with Gasteiger partial charge in [-0.25, -0.2) is 4.79 Å². The Bertz CT molecular complexity index is 510. The van der Waals surface area contributed by atoms with Crippen molar-refractivity contribution in [2.45, 2.75) is 111 Å². The molecule has 1 atom stereocenters. The average molecular weight is 384 g/mol. The Kier molecular flexibility index (Phi) is 7.82. The topological polar surface area (TPSA) is 38.8 Å². The molecule has 152 valence electrons. The van der Waals surface area contributed by atoms with Crippen molar-refractivity contribution in [3.05, 3.63) is 11.5 Å². The van der Waals surface area contributed by atoms with E-state index in [1.165, 1.54) is 0 Å². The minimum atomic E-state index is -1.96. The van der Waals surface area contributed by atoms with Crippen LogP contribution in [0.5, 0.6) is 0 Å². The predicted molar refractivity (Wildman–Crippen MR) is 112 cm³/mol. The van der Waals surface area contributed by atoms with Gasteiger partial charge in [-0.3, -0.25) is 0 Å². The van der Waals surface area contributed by atoms with E-state index in [-0.39, 0.29) is 29.1 Å².